The molecule has 0 atom stereocenters. The number of rotatable bonds is 0. The van der Waals surface area contributed by atoms with E-state index < -0.39 is 0 Å². The Hall–Kier alpha value is -0.920. The first kappa shape index (κ1) is 4.01. The molecule has 0 saturated heterocycles. The van der Waals surface area contributed by atoms with Crippen molar-refractivity contribution in [3.8, 4) is 0 Å². The van der Waals surface area contributed by atoms with E-state index in [1.807, 2.05) is 12.2 Å². The molecule has 0 bridgehead atoms. The third kappa shape index (κ3) is 0.372. The summed E-state index contributed by atoms with van der Waals surface area (Å²) in [5.74, 6) is 0.370. The standard InChI is InChI=1S/C6H6O2/c1-3-7-6-5(1)2-4-8-6/h1-6H. The normalized spacial score (nSPS) is 39.0. The molecule has 2 aliphatic heterocycles. The molecule has 0 amide bonds. The first-order valence-electron chi connectivity index (χ1n) is 2.61. The van der Waals surface area contributed by atoms with Crippen LogP contribution >= 0.6 is 0 Å². The zero-order chi connectivity index (χ0) is 5.40. The molecular formula is C6H6O2. The zero-order valence-corrected chi connectivity index (χ0v) is 4.28. The number of hydrogen-bond donors (Lipinski definition) is 0. The summed E-state index contributed by atoms with van der Waals surface area (Å²) >= 11 is 0. The van der Waals surface area contributed by atoms with Crippen LogP contribution in [0.3, 0.4) is 0 Å². The minimum absolute atomic E-state index is 0.0463. The maximum absolute atomic E-state index is 5.01. The van der Waals surface area contributed by atoms with Crippen molar-refractivity contribution in [2.45, 2.75) is 6.29 Å². The van der Waals surface area contributed by atoms with Gasteiger partial charge in [-0.2, -0.15) is 0 Å². The van der Waals surface area contributed by atoms with Gasteiger partial charge in [-0.1, -0.05) is 0 Å². The van der Waals surface area contributed by atoms with Gasteiger partial charge in [0.05, 0.1) is 18.4 Å². The Morgan fingerprint density at radius 3 is 2.12 bits per heavy atom. The van der Waals surface area contributed by atoms with E-state index in [-0.39, 0.29) is 6.29 Å². The highest BCUT2D eigenvalue weighted by atomic mass is 16.7. The van der Waals surface area contributed by atoms with Crippen LogP contribution in [0.4, 0.5) is 0 Å². The molecule has 0 aliphatic carbocycles. The van der Waals surface area contributed by atoms with Crippen LogP contribution < -0.4 is 0 Å². The molecule has 0 N–H and O–H groups in total. The topological polar surface area (TPSA) is 18.5 Å². The van der Waals surface area contributed by atoms with Gasteiger partial charge in [0.1, 0.15) is 0 Å². The van der Waals surface area contributed by atoms with Crippen LogP contribution in [0.2, 0.25) is 0 Å². The van der Waals surface area contributed by atoms with Gasteiger partial charge in [0, 0.05) is 0 Å². The van der Waals surface area contributed by atoms with E-state index >= 15 is 0 Å². The van der Waals surface area contributed by atoms with Gasteiger partial charge in [0.25, 0.3) is 0 Å². The van der Waals surface area contributed by atoms with Crippen molar-refractivity contribution in [2.24, 2.45) is 5.92 Å². The van der Waals surface area contributed by atoms with Crippen molar-refractivity contribution in [1.29, 1.82) is 0 Å². The fourth-order valence-corrected chi connectivity index (χ4v) is 0.886. The monoisotopic (exact) mass is 110 g/mol. The molecule has 0 fully saturated rings. The molecule has 0 radical (unpaired) electrons. The van der Waals surface area contributed by atoms with E-state index in [1.54, 1.807) is 12.5 Å². The fraction of sp³-hybridized carbons (Fsp3) is 0.333. The lowest BCUT2D eigenvalue weighted by Crippen LogP contribution is -2.10. The molecule has 0 aromatic carbocycles. The first-order chi connectivity index (χ1) is 3.97. The van der Waals surface area contributed by atoms with Crippen LogP contribution in [0.25, 0.3) is 0 Å². The molecule has 0 unspecified atom stereocenters. The minimum atomic E-state index is -0.0463. The number of fused-ring (bicyclic) bond motifs is 1. The summed E-state index contributed by atoms with van der Waals surface area (Å²) in [6.07, 6.45) is 7.27. The van der Waals surface area contributed by atoms with Gasteiger partial charge >= 0.3 is 0 Å². The Kier molecular flexibility index (Phi) is 0.640. The molecule has 2 heteroatoms. The second kappa shape index (κ2) is 1.28. The summed E-state index contributed by atoms with van der Waals surface area (Å²) < 4.78 is 10.0. The summed E-state index contributed by atoms with van der Waals surface area (Å²) in [5.41, 5.74) is 0. The summed E-state index contributed by atoms with van der Waals surface area (Å²) in [6, 6.07) is 0. The second-order valence-electron chi connectivity index (χ2n) is 1.87. The lowest BCUT2D eigenvalue weighted by molar-refractivity contribution is -0.0454. The first-order valence-corrected chi connectivity index (χ1v) is 2.61. The molecule has 0 saturated carbocycles. The minimum Gasteiger partial charge on any atom is -0.462 e. The average molecular weight is 110 g/mol. The summed E-state index contributed by atoms with van der Waals surface area (Å²) in [5, 5.41) is 0. The van der Waals surface area contributed by atoms with Gasteiger partial charge in [-0.05, 0) is 12.2 Å². The Morgan fingerprint density at radius 1 is 1.00 bits per heavy atom. The molecule has 2 nitrogen and oxygen atoms in total. The van der Waals surface area contributed by atoms with E-state index in [1.165, 1.54) is 0 Å². The highest BCUT2D eigenvalue weighted by Crippen LogP contribution is 2.24. The summed E-state index contributed by atoms with van der Waals surface area (Å²) in [6.45, 7) is 0. The van der Waals surface area contributed by atoms with Crippen molar-refractivity contribution in [2.75, 3.05) is 0 Å². The van der Waals surface area contributed by atoms with Crippen molar-refractivity contribution in [3.05, 3.63) is 24.7 Å². The van der Waals surface area contributed by atoms with Crippen LogP contribution in [0.15, 0.2) is 24.7 Å². The van der Waals surface area contributed by atoms with Crippen molar-refractivity contribution in [1.82, 2.24) is 0 Å². The van der Waals surface area contributed by atoms with Crippen molar-refractivity contribution >= 4 is 0 Å². The van der Waals surface area contributed by atoms with Crippen LogP contribution in [0, 0.1) is 5.92 Å². The second-order valence-corrected chi connectivity index (χ2v) is 1.87. The molecule has 2 rings (SSSR count). The van der Waals surface area contributed by atoms with E-state index in [4.69, 9.17) is 9.47 Å². The molecule has 42 valence electrons. The number of ether oxygens (including phenoxy) is 2. The maximum atomic E-state index is 5.01. The molecule has 0 aromatic rings. The van der Waals surface area contributed by atoms with Crippen LogP contribution in [0.1, 0.15) is 0 Å². The van der Waals surface area contributed by atoms with Crippen LogP contribution in [-0.4, -0.2) is 6.29 Å². The lowest BCUT2D eigenvalue weighted by atomic mass is 10.2. The predicted molar refractivity (Wildman–Crippen MR) is 27.7 cm³/mol. The third-order valence-electron chi connectivity index (χ3n) is 1.34. The predicted octanol–water partition coefficient (Wildman–Crippen LogP) is 1.02. The van der Waals surface area contributed by atoms with Gasteiger partial charge in [-0.25, -0.2) is 0 Å². The van der Waals surface area contributed by atoms with Gasteiger partial charge in [-0.3, -0.25) is 0 Å². The smallest absolute Gasteiger partial charge is 0.249 e. The molecule has 2 aliphatic rings. The largest absolute Gasteiger partial charge is 0.462 e. The Morgan fingerprint density at radius 2 is 1.62 bits per heavy atom. The van der Waals surface area contributed by atoms with E-state index in [0.29, 0.717) is 5.92 Å². The Balaban J connectivity index is 2.22. The fourth-order valence-electron chi connectivity index (χ4n) is 0.886. The Labute approximate surface area is 47.4 Å². The molecule has 0 spiro atoms. The molecular weight excluding hydrogens is 104 g/mol. The van der Waals surface area contributed by atoms with Crippen molar-refractivity contribution in [3.63, 3.8) is 0 Å². The SMILES string of the molecule is C1=CC2C=COC2O1. The van der Waals surface area contributed by atoms with Crippen LogP contribution in [0.5, 0.6) is 0 Å². The van der Waals surface area contributed by atoms with Crippen LogP contribution in [-0.2, 0) is 9.47 Å². The maximum Gasteiger partial charge on any atom is 0.249 e. The highest BCUT2D eigenvalue weighted by molar-refractivity contribution is 5.06. The molecule has 8 heavy (non-hydrogen) atoms. The van der Waals surface area contributed by atoms with Gasteiger partial charge in [-0.15, -0.1) is 0 Å². The molecule has 2 heterocycles. The summed E-state index contributed by atoms with van der Waals surface area (Å²) in [4.78, 5) is 0. The van der Waals surface area contributed by atoms with E-state index in [0.717, 1.165) is 0 Å². The van der Waals surface area contributed by atoms with Gasteiger partial charge < -0.3 is 9.47 Å². The zero-order valence-electron chi connectivity index (χ0n) is 4.28. The van der Waals surface area contributed by atoms with E-state index in [2.05, 4.69) is 0 Å². The third-order valence-corrected chi connectivity index (χ3v) is 1.34. The summed E-state index contributed by atoms with van der Waals surface area (Å²) in [7, 11) is 0. The number of hydrogen-bond acceptors (Lipinski definition) is 2. The quantitative estimate of drug-likeness (QED) is 0.463. The van der Waals surface area contributed by atoms with Gasteiger partial charge in [0.2, 0.25) is 6.29 Å². The highest BCUT2D eigenvalue weighted by Gasteiger charge is 2.26. The molecule has 0 aromatic heterocycles. The lowest BCUT2D eigenvalue weighted by Gasteiger charge is -2.06. The van der Waals surface area contributed by atoms with E-state index in [9.17, 15) is 0 Å². The van der Waals surface area contributed by atoms with Gasteiger partial charge in [0.15, 0.2) is 0 Å². The van der Waals surface area contributed by atoms with Crippen molar-refractivity contribution < 1.29 is 9.47 Å². The average Bonchev–Trinajstić information content (AvgIpc) is 2.15. The Bertz CT molecular complexity index is 133.